The molecule has 0 aliphatic carbocycles. The number of hydrogen-bond donors (Lipinski definition) is 1. The minimum Gasteiger partial charge on any atom is -0.342 e. The van der Waals surface area contributed by atoms with Gasteiger partial charge in [0.05, 0.1) is 5.92 Å². The zero-order valence-corrected chi connectivity index (χ0v) is 15.8. The van der Waals surface area contributed by atoms with E-state index in [0.29, 0.717) is 18.1 Å². The summed E-state index contributed by atoms with van der Waals surface area (Å²) < 4.78 is 0. The van der Waals surface area contributed by atoms with Gasteiger partial charge in [-0.25, -0.2) is 0 Å². The third-order valence-electron chi connectivity index (χ3n) is 4.94. The Morgan fingerprint density at radius 1 is 1.15 bits per heavy atom. The first kappa shape index (κ1) is 18.5. The van der Waals surface area contributed by atoms with Crippen molar-refractivity contribution < 1.29 is 9.59 Å². The Morgan fingerprint density at radius 2 is 1.88 bits per heavy atom. The molecule has 1 unspecified atom stereocenters. The Balaban J connectivity index is 1.55. The normalized spacial score (nSPS) is 16.8. The summed E-state index contributed by atoms with van der Waals surface area (Å²) in [5.41, 5.74) is 4.23. The minimum atomic E-state index is -0.297. The Hall–Kier alpha value is -2.33. The second-order valence-electron chi connectivity index (χ2n) is 6.91. The topological polar surface area (TPSA) is 49.4 Å². The van der Waals surface area contributed by atoms with Gasteiger partial charge in [0, 0.05) is 30.2 Å². The van der Waals surface area contributed by atoms with E-state index in [1.54, 1.807) is 4.90 Å². The lowest BCUT2D eigenvalue weighted by Gasteiger charge is -2.17. The quantitative estimate of drug-likeness (QED) is 0.865. The molecule has 5 heteroatoms. The first-order valence-electron chi connectivity index (χ1n) is 8.82. The summed E-state index contributed by atoms with van der Waals surface area (Å²) >= 11 is 5.89. The van der Waals surface area contributed by atoms with Crippen LogP contribution in [0.25, 0.3) is 0 Å². The molecule has 1 heterocycles. The first-order chi connectivity index (χ1) is 12.4. The Kier molecular flexibility index (Phi) is 5.62. The summed E-state index contributed by atoms with van der Waals surface area (Å²) in [7, 11) is 0. The molecule has 3 rings (SSSR count). The minimum absolute atomic E-state index is 0.0409. The monoisotopic (exact) mass is 370 g/mol. The van der Waals surface area contributed by atoms with Crippen LogP contribution in [-0.4, -0.2) is 29.8 Å². The second kappa shape index (κ2) is 7.92. The number of amides is 2. The fraction of sp³-hybridized carbons (Fsp3) is 0.333. The van der Waals surface area contributed by atoms with Gasteiger partial charge in [0.2, 0.25) is 11.8 Å². The highest BCUT2D eigenvalue weighted by Crippen LogP contribution is 2.22. The van der Waals surface area contributed by atoms with E-state index in [-0.39, 0.29) is 24.2 Å². The average Bonchev–Trinajstić information content (AvgIpc) is 2.99. The van der Waals surface area contributed by atoms with Gasteiger partial charge in [-0.2, -0.15) is 0 Å². The number of hydrogen-bond acceptors (Lipinski definition) is 2. The standard InChI is InChI=1S/C21H23ClN2O2/c1-14-3-8-19(11-15(14)2)23-21(26)17-12-20(25)24(13-17)10-9-16-4-6-18(22)7-5-16/h3-8,11,17H,9-10,12-13H2,1-2H3,(H,23,26). The predicted octanol–water partition coefficient (Wildman–Crippen LogP) is 3.99. The van der Waals surface area contributed by atoms with E-state index in [1.807, 2.05) is 56.3 Å². The van der Waals surface area contributed by atoms with E-state index in [2.05, 4.69) is 5.32 Å². The van der Waals surface area contributed by atoms with Crippen LogP contribution >= 0.6 is 11.6 Å². The van der Waals surface area contributed by atoms with Crippen molar-refractivity contribution in [3.05, 3.63) is 64.2 Å². The molecule has 4 nitrogen and oxygen atoms in total. The van der Waals surface area contributed by atoms with Crippen LogP contribution < -0.4 is 5.32 Å². The Morgan fingerprint density at radius 3 is 2.58 bits per heavy atom. The molecular weight excluding hydrogens is 348 g/mol. The molecule has 136 valence electrons. The predicted molar refractivity (Wildman–Crippen MR) is 104 cm³/mol. The zero-order chi connectivity index (χ0) is 18.7. The van der Waals surface area contributed by atoms with Gasteiger partial charge in [-0.1, -0.05) is 29.8 Å². The van der Waals surface area contributed by atoms with Gasteiger partial charge >= 0.3 is 0 Å². The lowest BCUT2D eigenvalue weighted by molar-refractivity contribution is -0.128. The molecule has 1 aliphatic heterocycles. The lowest BCUT2D eigenvalue weighted by atomic mass is 10.1. The van der Waals surface area contributed by atoms with E-state index >= 15 is 0 Å². The molecule has 0 bridgehead atoms. The van der Waals surface area contributed by atoms with Crippen LogP contribution in [0.3, 0.4) is 0 Å². The van der Waals surface area contributed by atoms with Crippen molar-refractivity contribution in [3.8, 4) is 0 Å². The molecule has 2 aromatic rings. The summed E-state index contributed by atoms with van der Waals surface area (Å²) in [6, 6.07) is 13.5. The molecular formula is C21H23ClN2O2. The third kappa shape index (κ3) is 4.44. The van der Waals surface area contributed by atoms with Crippen LogP contribution in [0.4, 0.5) is 5.69 Å². The number of rotatable bonds is 5. The van der Waals surface area contributed by atoms with Crippen molar-refractivity contribution in [2.24, 2.45) is 5.92 Å². The van der Waals surface area contributed by atoms with Crippen LogP contribution in [0.5, 0.6) is 0 Å². The number of likely N-dealkylation sites (tertiary alicyclic amines) is 1. The maximum atomic E-state index is 12.5. The summed E-state index contributed by atoms with van der Waals surface area (Å²) in [6.45, 7) is 5.15. The fourth-order valence-electron chi connectivity index (χ4n) is 3.14. The number of aryl methyl sites for hydroxylation is 2. The van der Waals surface area contributed by atoms with Gasteiger partial charge in [0.25, 0.3) is 0 Å². The SMILES string of the molecule is Cc1ccc(NC(=O)C2CC(=O)N(CCc3ccc(Cl)cc3)C2)cc1C. The van der Waals surface area contributed by atoms with Crippen LogP contribution in [0, 0.1) is 19.8 Å². The van der Waals surface area contributed by atoms with Crippen molar-refractivity contribution in [1.82, 2.24) is 4.90 Å². The molecule has 0 aromatic heterocycles. The summed E-state index contributed by atoms with van der Waals surface area (Å²) in [5.74, 6) is -0.343. The van der Waals surface area contributed by atoms with Crippen LogP contribution in [0.2, 0.25) is 5.02 Å². The number of anilines is 1. The second-order valence-corrected chi connectivity index (χ2v) is 7.34. The molecule has 1 fully saturated rings. The van der Waals surface area contributed by atoms with Crippen LogP contribution in [0.15, 0.2) is 42.5 Å². The molecule has 0 saturated carbocycles. The average molecular weight is 371 g/mol. The molecule has 1 saturated heterocycles. The van der Waals surface area contributed by atoms with Crippen molar-refractivity contribution in [3.63, 3.8) is 0 Å². The number of halogens is 1. The molecule has 0 radical (unpaired) electrons. The number of carbonyl (C=O) groups is 2. The summed E-state index contributed by atoms with van der Waals surface area (Å²) in [6.07, 6.45) is 1.03. The van der Waals surface area contributed by atoms with E-state index in [4.69, 9.17) is 11.6 Å². The summed E-state index contributed by atoms with van der Waals surface area (Å²) in [4.78, 5) is 26.5. The summed E-state index contributed by atoms with van der Waals surface area (Å²) in [5, 5.41) is 3.64. The highest BCUT2D eigenvalue weighted by Gasteiger charge is 2.34. The number of carbonyl (C=O) groups excluding carboxylic acids is 2. The van der Waals surface area contributed by atoms with Gasteiger partial charge < -0.3 is 10.2 Å². The number of nitrogens with one attached hydrogen (secondary N) is 1. The fourth-order valence-corrected chi connectivity index (χ4v) is 3.27. The molecule has 2 amide bonds. The molecule has 26 heavy (non-hydrogen) atoms. The van der Waals surface area contributed by atoms with Gasteiger partial charge in [0.1, 0.15) is 0 Å². The van der Waals surface area contributed by atoms with E-state index in [1.165, 1.54) is 5.56 Å². The van der Waals surface area contributed by atoms with E-state index in [0.717, 1.165) is 23.2 Å². The van der Waals surface area contributed by atoms with Crippen molar-refractivity contribution in [2.75, 3.05) is 18.4 Å². The van der Waals surface area contributed by atoms with E-state index < -0.39 is 0 Å². The van der Waals surface area contributed by atoms with E-state index in [9.17, 15) is 9.59 Å². The maximum absolute atomic E-state index is 12.5. The molecule has 1 aliphatic rings. The van der Waals surface area contributed by atoms with Crippen LogP contribution in [0.1, 0.15) is 23.1 Å². The molecule has 0 spiro atoms. The first-order valence-corrected chi connectivity index (χ1v) is 9.20. The third-order valence-corrected chi connectivity index (χ3v) is 5.20. The van der Waals surface area contributed by atoms with Crippen molar-refractivity contribution >= 4 is 29.1 Å². The Bertz CT molecular complexity index is 817. The smallest absolute Gasteiger partial charge is 0.229 e. The van der Waals surface area contributed by atoms with Crippen LogP contribution in [-0.2, 0) is 16.0 Å². The number of nitrogens with zero attached hydrogens (tertiary/aromatic N) is 1. The largest absolute Gasteiger partial charge is 0.342 e. The highest BCUT2D eigenvalue weighted by atomic mass is 35.5. The van der Waals surface area contributed by atoms with Crippen molar-refractivity contribution in [1.29, 1.82) is 0 Å². The van der Waals surface area contributed by atoms with Gasteiger partial charge in [0.15, 0.2) is 0 Å². The number of benzene rings is 2. The molecule has 1 atom stereocenters. The highest BCUT2D eigenvalue weighted by molar-refractivity contribution is 6.30. The van der Waals surface area contributed by atoms with Gasteiger partial charge in [-0.3, -0.25) is 9.59 Å². The lowest BCUT2D eigenvalue weighted by Crippen LogP contribution is -2.30. The maximum Gasteiger partial charge on any atom is 0.229 e. The van der Waals surface area contributed by atoms with Crippen molar-refractivity contribution in [2.45, 2.75) is 26.7 Å². The van der Waals surface area contributed by atoms with Gasteiger partial charge in [-0.05, 0) is 61.2 Å². The van der Waals surface area contributed by atoms with Gasteiger partial charge in [-0.15, -0.1) is 0 Å². The zero-order valence-electron chi connectivity index (χ0n) is 15.1. The Labute approximate surface area is 159 Å². The molecule has 2 aromatic carbocycles. The molecule has 1 N–H and O–H groups in total.